The molecule has 2 N–H and O–H groups in total. The fourth-order valence-corrected chi connectivity index (χ4v) is 2.56. The standard InChI is InChI=1S/C17H36N4O.HI/c1-3-5-6-7-10-19-17(18-4-2)20-11-8-9-12-21-13-15-22-16-14-21;/h3-16H2,1-2H3,(H2,18,19,20);1H. The van der Waals surface area contributed by atoms with Crippen LogP contribution in [0.15, 0.2) is 4.99 Å². The normalized spacial score (nSPS) is 16.0. The quantitative estimate of drug-likeness (QED) is 0.225. The van der Waals surface area contributed by atoms with Gasteiger partial charge in [-0.05, 0) is 32.7 Å². The molecule has 23 heavy (non-hydrogen) atoms. The summed E-state index contributed by atoms with van der Waals surface area (Å²) in [6.07, 6.45) is 7.52. The van der Waals surface area contributed by atoms with Gasteiger partial charge in [0.1, 0.15) is 0 Å². The summed E-state index contributed by atoms with van der Waals surface area (Å²) in [5.74, 6) is 0.977. The number of nitrogens with zero attached hydrogens (tertiary/aromatic N) is 2. The minimum absolute atomic E-state index is 0. The molecule has 1 rings (SSSR count). The van der Waals surface area contributed by atoms with E-state index in [2.05, 4.69) is 34.4 Å². The molecular formula is C17H37IN4O. The fraction of sp³-hybridized carbons (Fsp3) is 0.941. The zero-order chi connectivity index (χ0) is 15.9. The van der Waals surface area contributed by atoms with Crippen molar-refractivity contribution < 1.29 is 4.74 Å². The molecule has 0 aromatic rings. The van der Waals surface area contributed by atoms with E-state index in [-0.39, 0.29) is 24.0 Å². The van der Waals surface area contributed by atoms with Gasteiger partial charge in [0.2, 0.25) is 0 Å². The molecule has 6 heteroatoms. The number of hydrogen-bond acceptors (Lipinski definition) is 3. The summed E-state index contributed by atoms with van der Waals surface area (Å²) in [5, 5.41) is 6.77. The Morgan fingerprint density at radius 1 is 1.00 bits per heavy atom. The highest BCUT2D eigenvalue weighted by molar-refractivity contribution is 14.0. The second-order valence-corrected chi connectivity index (χ2v) is 5.91. The molecule has 0 saturated carbocycles. The third-order valence-corrected chi connectivity index (χ3v) is 3.92. The van der Waals surface area contributed by atoms with Gasteiger partial charge in [-0.15, -0.1) is 24.0 Å². The van der Waals surface area contributed by atoms with Gasteiger partial charge in [0, 0.05) is 32.7 Å². The van der Waals surface area contributed by atoms with Gasteiger partial charge in [-0.1, -0.05) is 26.2 Å². The number of hydrogen-bond donors (Lipinski definition) is 2. The molecule has 5 nitrogen and oxygen atoms in total. The number of unbranched alkanes of at least 4 members (excludes halogenated alkanes) is 4. The molecule has 0 aliphatic carbocycles. The number of nitrogens with one attached hydrogen (secondary N) is 2. The van der Waals surface area contributed by atoms with E-state index in [9.17, 15) is 0 Å². The number of rotatable bonds is 11. The van der Waals surface area contributed by atoms with Crippen LogP contribution in [0.4, 0.5) is 0 Å². The molecule has 0 radical (unpaired) electrons. The van der Waals surface area contributed by atoms with Crippen LogP contribution in [0.1, 0.15) is 52.4 Å². The van der Waals surface area contributed by atoms with Crippen LogP contribution in [0, 0.1) is 0 Å². The van der Waals surface area contributed by atoms with Gasteiger partial charge < -0.3 is 15.4 Å². The predicted molar refractivity (Wildman–Crippen MR) is 110 cm³/mol. The monoisotopic (exact) mass is 440 g/mol. The molecule has 0 aromatic heterocycles. The smallest absolute Gasteiger partial charge is 0.191 e. The molecule has 1 heterocycles. The number of aliphatic imine (C=N–C) groups is 1. The van der Waals surface area contributed by atoms with E-state index in [0.717, 1.165) is 51.9 Å². The van der Waals surface area contributed by atoms with Crippen LogP contribution in [0.5, 0.6) is 0 Å². The second kappa shape index (κ2) is 16.8. The topological polar surface area (TPSA) is 48.9 Å². The highest BCUT2D eigenvalue weighted by Gasteiger charge is 2.08. The zero-order valence-corrected chi connectivity index (χ0v) is 17.4. The van der Waals surface area contributed by atoms with Crippen molar-refractivity contribution in [3.63, 3.8) is 0 Å². The Bertz CT molecular complexity index is 284. The second-order valence-electron chi connectivity index (χ2n) is 5.91. The van der Waals surface area contributed by atoms with Crippen LogP contribution in [0.25, 0.3) is 0 Å². The molecule has 1 aliphatic rings. The fourth-order valence-electron chi connectivity index (χ4n) is 2.56. The van der Waals surface area contributed by atoms with Crippen molar-refractivity contribution in [1.29, 1.82) is 0 Å². The van der Waals surface area contributed by atoms with E-state index in [1.807, 2.05) is 0 Å². The largest absolute Gasteiger partial charge is 0.379 e. The van der Waals surface area contributed by atoms with Crippen LogP contribution in [0.3, 0.4) is 0 Å². The summed E-state index contributed by atoms with van der Waals surface area (Å²) in [5.41, 5.74) is 0. The van der Waals surface area contributed by atoms with Gasteiger partial charge in [-0.25, -0.2) is 0 Å². The summed E-state index contributed by atoms with van der Waals surface area (Å²) in [4.78, 5) is 7.14. The van der Waals surface area contributed by atoms with Crippen LogP contribution >= 0.6 is 24.0 Å². The first-order chi connectivity index (χ1) is 10.9. The zero-order valence-electron chi connectivity index (χ0n) is 15.1. The van der Waals surface area contributed by atoms with Crippen LogP contribution < -0.4 is 10.6 Å². The minimum Gasteiger partial charge on any atom is -0.379 e. The third-order valence-electron chi connectivity index (χ3n) is 3.92. The molecule has 138 valence electrons. The number of guanidine groups is 1. The summed E-state index contributed by atoms with van der Waals surface area (Å²) < 4.78 is 5.37. The summed E-state index contributed by atoms with van der Waals surface area (Å²) in [7, 11) is 0. The Hall–Kier alpha value is -0.0800. The number of ether oxygens (including phenoxy) is 1. The van der Waals surface area contributed by atoms with Crippen molar-refractivity contribution >= 4 is 29.9 Å². The van der Waals surface area contributed by atoms with E-state index in [4.69, 9.17) is 4.74 Å². The number of morpholine rings is 1. The molecule has 1 aliphatic heterocycles. The maximum absolute atomic E-state index is 5.37. The Balaban J connectivity index is 0.00000484. The molecule has 1 saturated heterocycles. The average molecular weight is 440 g/mol. The van der Waals surface area contributed by atoms with Crippen LogP contribution in [0.2, 0.25) is 0 Å². The van der Waals surface area contributed by atoms with Crippen molar-refractivity contribution in [1.82, 2.24) is 15.5 Å². The molecule has 0 aromatic carbocycles. The van der Waals surface area contributed by atoms with E-state index < -0.39 is 0 Å². The van der Waals surface area contributed by atoms with Crippen LogP contribution in [-0.2, 0) is 4.74 Å². The maximum Gasteiger partial charge on any atom is 0.191 e. The highest BCUT2D eigenvalue weighted by Crippen LogP contribution is 2.00. The molecule has 0 atom stereocenters. The highest BCUT2D eigenvalue weighted by atomic mass is 127. The van der Waals surface area contributed by atoms with Gasteiger partial charge in [0.25, 0.3) is 0 Å². The molecule has 0 unspecified atom stereocenters. The maximum atomic E-state index is 5.37. The lowest BCUT2D eigenvalue weighted by Gasteiger charge is -2.26. The molecule has 0 amide bonds. The summed E-state index contributed by atoms with van der Waals surface area (Å²) >= 11 is 0. The van der Waals surface area contributed by atoms with E-state index in [0.29, 0.717) is 0 Å². The third kappa shape index (κ3) is 12.9. The minimum atomic E-state index is 0. The van der Waals surface area contributed by atoms with Crippen molar-refractivity contribution in [2.45, 2.75) is 52.4 Å². The predicted octanol–water partition coefficient (Wildman–Crippen LogP) is 2.85. The summed E-state index contributed by atoms with van der Waals surface area (Å²) in [6, 6.07) is 0. The SMILES string of the molecule is CCCCCCN=C(NCC)NCCCCN1CCOCC1.I. The van der Waals surface area contributed by atoms with E-state index >= 15 is 0 Å². The Kier molecular flexibility index (Phi) is 16.7. The first-order valence-electron chi connectivity index (χ1n) is 9.19. The lowest BCUT2D eigenvalue weighted by molar-refractivity contribution is 0.0372. The van der Waals surface area contributed by atoms with E-state index in [1.54, 1.807) is 0 Å². The van der Waals surface area contributed by atoms with Crippen molar-refractivity contribution in [2.75, 3.05) is 52.5 Å². The first kappa shape index (κ1) is 22.9. The van der Waals surface area contributed by atoms with Crippen LogP contribution in [-0.4, -0.2) is 63.3 Å². The van der Waals surface area contributed by atoms with Gasteiger partial charge in [-0.2, -0.15) is 0 Å². The lowest BCUT2D eigenvalue weighted by atomic mass is 10.2. The Morgan fingerprint density at radius 3 is 2.48 bits per heavy atom. The van der Waals surface area contributed by atoms with Crippen molar-refractivity contribution in [3.8, 4) is 0 Å². The van der Waals surface area contributed by atoms with Crippen molar-refractivity contribution in [2.24, 2.45) is 4.99 Å². The van der Waals surface area contributed by atoms with Gasteiger partial charge in [-0.3, -0.25) is 9.89 Å². The molecule has 0 spiro atoms. The molecule has 0 bridgehead atoms. The summed E-state index contributed by atoms with van der Waals surface area (Å²) in [6.45, 7) is 12.4. The molecule has 1 fully saturated rings. The molecular weight excluding hydrogens is 403 g/mol. The Labute approximate surface area is 160 Å². The lowest BCUT2D eigenvalue weighted by Crippen LogP contribution is -2.39. The average Bonchev–Trinajstić information content (AvgIpc) is 2.55. The Morgan fingerprint density at radius 2 is 1.78 bits per heavy atom. The van der Waals surface area contributed by atoms with Gasteiger partial charge >= 0.3 is 0 Å². The number of halogens is 1. The van der Waals surface area contributed by atoms with Crippen molar-refractivity contribution in [3.05, 3.63) is 0 Å². The first-order valence-corrected chi connectivity index (χ1v) is 9.19. The van der Waals surface area contributed by atoms with Gasteiger partial charge in [0.05, 0.1) is 13.2 Å². The van der Waals surface area contributed by atoms with E-state index in [1.165, 1.54) is 45.1 Å². The van der Waals surface area contributed by atoms with Gasteiger partial charge in [0.15, 0.2) is 5.96 Å².